The molecule has 0 heterocycles. The molecule has 0 amide bonds. The summed E-state index contributed by atoms with van der Waals surface area (Å²) in [5.74, 6) is -3.12. The monoisotopic (exact) mass is 332 g/mol. The van der Waals surface area contributed by atoms with Crippen LogP contribution in [-0.4, -0.2) is 59.3 Å². The third kappa shape index (κ3) is 10.1. The molecule has 7 N–H and O–H groups in total. The molecule has 0 radical (unpaired) electrons. The molecule has 0 bridgehead atoms. The normalized spacial score (nSPS) is 13.9. The minimum atomic E-state index is -1.18. The Bertz CT molecular complexity index is 440. The minimum absolute atomic E-state index is 0.117. The van der Waals surface area contributed by atoms with Gasteiger partial charge in [-0.25, -0.2) is 4.79 Å². The fourth-order valence-electron chi connectivity index (χ4n) is 1.53. The van der Waals surface area contributed by atoms with E-state index in [4.69, 9.17) is 26.4 Å². The molecule has 0 rings (SSSR count). The van der Waals surface area contributed by atoms with Crippen molar-refractivity contribution in [2.24, 2.45) is 16.5 Å². The molecule has 0 aliphatic heterocycles. The molecule has 0 aromatic heterocycles. The molecule has 0 fully saturated rings. The number of carboxylic acid groups (broad SMARTS) is 2. The molecular formula is C13H24N4O6. The number of hydrogen-bond donors (Lipinski definition) is 5. The number of carbonyl (C=O) groups excluding carboxylic acids is 1. The van der Waals surface area contributed by atoms with Crippen LogP contribution in [-0.2, 0) is 19.1 Å². The van der Waals surface area contributed by atoms with Crippen molar-refractivity contribution in [1.82, 2.24) is 5.32 Å². The molecule has 23 heavy (non-hydrogen) atoms. The first kappa shape index (κ1) is 20.6. The maximum absolute atomic E-state index is 11.7. The number of carbonyl (C=O) groups is 3. The number of nitrogens with two attached hydrogens (primary N) is 2. The van der Waals surface area contributed by atoms with Crippen molar-refractivity contribution >= 4 is 23.9 Å². The summed E-state index contributed by atoms with van der Waals surface area (Å²) in [5, 5.41) is 19.9. The van der Waals surface area contributed by atoms with E-state index in [1.54, 1.807) is 0 Å². The second-order valence-corrected chi connectivity index (χ2v) is 4.82. The molecule has 0 aliphatic rings. The third-order valence-electron chi connectivity index (χ3n) is 2.71. The van der Waals surface area contributed by atoms with E-state index in [1.807, 2.05) is 6.92 Å². The molecule has 2 atom stereocenters. The third-order valence-corrected chi connectivity index (χ3v) is 2.71. The average molecular weight is 332 g/mol. The number of aliphatic imine (C=N–C) groups is 1. The highest BCUT2D eigenvalue weighted by atomic mass is 16.5. The van der Waals surface area contributed by atoms with Gasteiger partial charge in [-0.2, -0.15) is 0 Å². The first-order valence-corrected chi connectivity index (χ1v) is 7.21. The highest BCUT2D eigenvalue weighted by Crippen LogP contribution is 1.98. The van der Waals surface area contributed by atoms with Crippen molar-refractivity contribution in [2.75, 3.05) is 13.2 Å². The Balaban J connectivity index is 4.42. The van der Waals surface area contributed by atoms with Gasteiger partial charge in [0.05, 0.1) is 13.0 Å². The highest BCUT2D eigenvalue weighted by Gasteiger charge is 2.23. The van der Waals surface area contributed by atoms with Crippen LogP contribution in [0.5, 0.6) is 0 Å². The Kier molecular flexibility index (Phi) is 10.1. The van der Waals surface area contributed by atoms with Gasteiger partial charge in [0, 0.05) is 6.54 Å². The molecule has 10 nitrogen and oxygen atoms in total. The number of esters is 1. The van der Waals surface area contributed by atoms with Crippen molar-refractivity contribution in [3.63, 3.8) is 0 Å². The van der Waals surface area contributed by atoms with Crippen molar-refractivity contribution < 1.29 is 29.3 Å². The maximum Gasteiger partial charge on any atom is 0.329 e. The molecule has 10 heteroatoms. The fourth-order valence-corrected chi connectivity index (χ4v) is 1.53. The Morgan fingerprint density at radius 3 is 2.48 bits per heavy atom. The van der Waals surface area contributed by atoms with Gasteiger partial charge < -0.3 is 31.7 Å². The van der Waals surface area contributed by atoms with E-state index in [2.05, 4.69) is 10.3 Å². The number of nitrogens with one attached hydrogen (secondary N) is 1. The van der Waals surface area contributed by atoms with Gasteiger partial charge >= 0.3 is 17.9 Å². The number of guanidine groups is 1. The molecule has 0 spiro atoms. The summed E-state index contributed by atoms with van der Waals surface area (Å²) in [5.41, 5.74) is 10.9. The summed E-state index contributed by atoms with van der Waals surface area (Å²) in [6.07, 6.45) is 0.727. The second kappa shape index (κ2) is 11.2. The predicted octanol–water partition coefficient (Wildman–Crippen LogP) is -1.12. The summed E-state index contributed by atoms with van der Waals surface area (Å²) in [7, 11) is 0. The SMILES string of the molecule is CCCOC(=O)C(CC(=O)O)NC(N)=NCCCC(N)C(=O)O. The standard InChI is InChI=1S/C13H24N4O6/c1-2-6-23-12(22)9(7-10(18)19)17-13(15)16-5-3-4-8(14)11(20)21/h8-9H,2-7,14H2,1H3,(H,18,19)(H,20,21)(H3,15,16,17). The van der Waals surface area contributed by atoms with Crippen molar-refractivity contribution in [2.45, 2.75) is 44.7 Å². The molecular weight excluding hydrogens is 308 g/mol. The van der Waals surface area contributed by atoms with Crippen LogP contribution in [0.1, 0.15) is 32.6 Å². The van der Waals surface area contributed by atoms with Crippen molar-refractivity contribution in [3.05, 3.63) is 0 Å². The molecule has 2 unspecified atom stereocenters. The number of ether oxygens (including phenoxy) is 1. The zero-order valence-corrected chi connectivity index (χ0v) is 13.0. The van der Waals surface area contributed by atoms with E-state index in [-0.39, 0.29) is 25.5 Å². The Labute approximate surface area is 133 Å². The quantitative estimate of drug-likeness (QED) is 0.136. The molecule has 0 aromatic carbocycles. The van der Waals surface area contributed by atoms with Crippen LogP contribution in [0, 0.1) is 0 Å². The molecule has 0 aliphatic carbocycles. The van der Waals surface area contributed by atoms with Crippen LogP contribution < -0.4 is 16.8 Å². The number of carboxylic acids is 2. The smallest absolute Gasteiger partial charge is 0.329 e. The lowest BCUT2D eigenvalue weighted by Crippen LogP contribution is -2.46. The number of nitrogens with zero attached hydrogens (tertiary/aromatic N) is 1. The fraction of sp³-hybridized carbons (Fsp3) is 0.692. The van der Waals surface area contributed by atoms with Gasteiger partial charge in [-0.15, -0.1) is 0 Å². The average Bonchev–Trinajstić information content (AvgIpc) is 2.47. The highest BCUT2D eigenvalue weighted by molar-refractivity contribution is 5.88. The van der Waals surface area contributed by atoms with Gasteiger partial charge in [0.1, 0.15) is 12.1 Å². The zero-order valence-electron chi connectivity index (χ0n) is 13.0. The summed E-state index contributed by atoms with van der Waals surface area (Å²) >= 11 is 0. The zero-order chi connectivity index (χ0) is 17.8. The Morgan fingerprint density at radius 2 is 1.96 bits per heavy atom. The topological polar surface area (TPSA) is 177 Å². The first-order valence-electron chi connectivity index (χ1n) is 7.21. The van der Waals surface area contributed by atoms with Crippen molar-refractivity contribution in [1.29, 1.82) is 0 Å². The van der Waals surface area contributed by atoms with Gasteiger partial charge in [-0.1, -0.05) is 6.92 Å². The molecule has 0 saturated heterocycles. The summed E-state index contributed by atoms with van der Waals surface area (Å²) < 4.78 is 4.88. The van der Waals surface area contributed by atoms with Crippen LogP contribution in [0.3, 0.4) is 0 Å². The second-order valence-electron chi connectivity index (χ2n) is 4.82. The van der Waals surface area contributed by atoms with Gasteiger partial charge in [0.15, 0.2) is 5.96 Å². The minimum Gasteiger partial charge on any atom is -0.481 e. The molecule has 0 aromatic rings. The number of aliphatic carboxylic acids is 2. The Morgan fingerprint density at radius 1 is 1.30 bits per heavy atom. The van der Waals surface area contributed by atoms with Gasteiger partial charge in [0.25, 0.3) is 0 Å². The van der Waals surface area contributed by atoms with E-state index < -0.39 is 36.4 Å². The van der Waals surface area contributed by atoms with Crippen LogP contribution >= 0.6 is 0 Å². The summed E-state index contributed by atoms with van der Waals surface area (Å²) in [4.78, 5) is 36.9. The van der Waals surface area contributed by atoms with Crippen LogP contribution in [0.2, 0.25) is 0 Å². The van der Waals surface area contributed by atoms with E-state index in [9.17, 15) is 14.4 Å². The van der Waals surface area contributed by atoms with E-state index in [1.165, 1.54) is 0 Å². The largest absolute Gasteiger partial charge is 0.481 e. The molecule has 132 valence electrons. The summed E-state index contributed by atoms with van der Waals surface area (Å²) in [6.45, 7) is 2.19. The van der Waals surface area contributed by atoms with Gasteiger partial charge in [-0.3, -0.25) is 14.6 Å². The van der Waals surface area contributed by atoms with E-state index in [0.717, 1.165) is 0 Å². The lowest BCUT2D eigenvalue weighted by Gasteiger charge is -2.16. The lowest BCUT2D eigenvalue weighted by atomic mass is 10.2. The van der Waals surface area contributed by atoms with Crippen LogP contribution in [0.15, 0.2) is 4.99 Å². The van der Waals surface area contributed by atoms with Crippen LogP contribution in [0.4, 0.5) is 0 Å². The van der Waals surface area contributed by atoms with Gasteiger partial charge in [0.2, 0.25) is 0 Å². The van der Waals surface area contributed by atoms with E-state index >= 15 is 0 Å². The van der Waals surface area contributed by atoms with Crippen LogP contribution in [0.25, 0.3) is 0 Å². The first-order chi connectivity index (χ1) is 10.8. The number of hydrogen-bond acceptors (Lipinski definition) is 6. The molecule has 0 saturated carbocycles. The lowest BCUT2D eigenvalue weighted by molar-refractivity contribution is -0.150. The maximum atomic E-state index is 11.7. The van der Waals surface area contributed by atoms with Gasteiger partial charge in [-0.05, 0) is 19.3 Å². The Hall–Kier alpha value is -2.36. The summed E-state index contributed by atoms with van der Waals surface area (Å²) in [6, 6.07) is -2.10. The van der Waals surface area contributed by atoms with E-state index in [0.29, 0.717) is 12.8 Å². The predicted molar refractivity (Wildman–Crippen MR) is 81.8 cm³/mol. The van der Waals surface area contributed by atoms with Crippen molar-refractivity contribution in [3.8, 4) is 0 Å². The number of rotatable bonds is 11.